The highest BCUT2D eigenvalue weighted by atomic mass is 35.5. The Morgan fingerprint density at radius 2 is 1.68 bits per heavy atom. The number of carbonyl (C=O) groups excluding carboxylic acids is 1. The zero-order valence-electron chi connectivity index (χ0n) is 19.2. The molecule has 0 spiro atoms. The minimum Gasteiger partial charge on any atom is -0.508 e. The molecule has 3 aromatic rings. The Bertz CT molecular complexity index is 1090. The van der Waals surface area contributed by atoms with Crippen LogP contribution in [-0.4, -0.2) is 33.8 Å². The van der Waals surface area contributed by atoms with Gasteiger partial charge in [-0.25, -0.2) is 0 Å². The van der Waals surface area contributed by atoms with E-state index in [1.54, 1.807) is 0 Å². The van der Waals surface area contributed by atoms with Gasteiger partial charge in [0.1, 0.15) is 11.5 Å². The number of phenolic OH excluding ortho intramolecular Hbond substituents is 2. The van der Waals surface area contributed by atoms with E-state index in [9.17, 15) is 20.1 Å². The van der Waals surface area contributed by atoms with E-state index in [-0.39, 0.29) is 30.0 Å². The van der Waals surface area contributed by atoms with Crippen molar-refractivity contribution in [1.29, 1.82) is 0 Å². The molecule has 3 rings (SSSR count). The number of benzene rings is 3. The van der Waals surface area contributed by atoms with Crippen LogP contribution < -0.4 is 10.6 Å². The summed E-state index contributed by atoms with van der Waals surface area (Å²) < 4.78 is 0. The molecule has 1 amide bonds. The van der Waals surface area contributed by atoms with E-state index in [0.717, 1.165) is 23.1 Å². The highest BCUT2D eigenvalue weighted by Crippen LogP contribution is 2.24. The quantitative estimate of drug-likeness (QED) is 0.281. The summed E-state index contributed by atoms with van der Waals surface area (Å²) in [5, 5.41) is 36.4. The lowest BCUT2D eigenvalue weighted by atomic mass is 10.0. The summed E-state index contributed by atoms with van der Waals surface area (Å²) in [5.74, 6) is -0.194. The van der Waals surface area contributed by atoms with Crippen molar-refractivity contribution in [3.8, 4) is 11.5 Å². The summed E-state index contributed by atoms with van der Waals surface area (Å²) in [6.07, 6.45) is 0.940. The number of halogens is 1. The zero-order valence-corrected chi connectivity index (χ0v) is 19.9. The van der Waals surface area contributed by atoms with Crippen molar-refractivity contribution in [3.63, 3.8) is 0 Å². The van der Waals surface area contributed by atoms with Gasteiger partial charge in [-0.2, -0.15) is 0 Å². The van der Waals surface area contributed by atoms with Gasteiger partial charge in [-0.3, -0.25) is 4.79 Å². The molecular formula is C27H31ClN2O4. The summed E-state index contributed by atoms with van der Waals surface area (Å²) in [7, 11) is 0. The Hall–Kier alpha value is -3.06. The maximum Gasteiger partial charge on any atom is 0.220 e. The summed E-state index contributed by atoms with van der Waals surface area (Å²) in [6.45, 7) is 2.73. The molecule has 0 unspecified atom stereocenters. The van der Waals surface area contributed by atoms with Crippen LogP contribution >= 0.6 is 11.6 Å². The van der Waals surface area contributed by atoms with E-state index in [1.165, 1.54) is 18.2 Å². The van der Waals surface area contributed by atoms with E-state index in [2.05, 4.69) is 16.7 Å². The normalized spacial score (nSPS) is 12.8. The predicted octanol–water partition coefficient (Wildman–Crippen LogP) is 4.25. The molecule has 0 aliphatic heterocycles. The van der Waals surface area contributed by atoms with Gasteiger partial charge in [0, 0.05) is 36.6 Å². The lowest BCUT2D eigenvalue weighted by molar-refractivity contribution is -0.121. The second kappa shape index (κ2) is 12.4. The van der Waals surface area contributed by atoms with E-state index in [0.29, 0.717) is 30.0 Å². The summed E-state index contributed by atoms with van der Waals surface area (Å²) in [6, 6.07) is 19.8. The number of phenols is 2. The average Bonchev–Trinajstić information content (AvgIpc) is 2.80. The highest BCUT2D eigenvalue weighted by Gasteiger charge is 2.12. The summed E-state index contributed by atoms with van der Waals surface area (Å²) >= 11 is 6.13. The Labute approximate surface area is 205 Å². The minimum atomic E-state index is -0.851. The fourth-order valence-corrected chi connectivity index (χ4v) is 3.96. The molecule has 34 heavy (non-hydrogen) atoms. The highest BCUT2D eigenvalue weighted by molar-refractivity contribution is 6.31. The number of aryl methyl sites for hydroxylation is 1. The van der Waals surface area contributed by atoms with Gasteiger partial charge < -0.3 is 26.0 Å². The predicted molar refractivity (Wildman–Crippen MR) is 134 cm³/mol. The fourth-order valence-electron chi connectivity index (χ4n) is 3.76. The van der Waals surface area contributed by atoms with E-state index in [4.69, 9.17) is 11.6 Å². The Balaban J connectivity index is 1.44. The largest absolute Gasteiger partial charge is 0.508 e. The first kappa shape index (κ1) is 25.6. The summed E-state index contributed by atoms with van der Waals surface area (Å²) in [4.78, 5) is 12.3. The van der Waals surface area contributed by atoms with E-state index < -0.39 is 6.10 Å². The molecule has 0 bridgehead atoms. The Morgan fingerprint density at radius 3 is 2.41 bits per heavy atom. The van der Waals surface area contributed by atoms with Crippen LogP contribution in [0.15, 0.2) is 66.7 Å². The third-order valence-corrected chi connectivity index (χ3v) is 5.95. The van der Waals surface area contributed by atoms with Crippen LogP contribution in [0.25, 0.3) is 0 Å². The molecule has 0 heterocycles. The van der Waals surface area contributed by atoms with Gasteiger partial charge in [-0.15, -0.1) is 0 Å². The van der Waals surface area contributed by atoms with Crippen LogP contribution in [0.4, 0.5) is 0 Å². The van der Waals surface area contributed by atoms with Gasteiger partial charge in [0.25, 0.3) is 0 Å². The number of hydrogen-bond acceptors (Lipinski definition) is 5. The van der Waals surface area contributed by atoms with Gasteiger partial charge in [-0.05, 0) is 60.2 Å². The second-order valence-corrected chi connectivity index (χ2v) is 8.91. The standard InChI is InChI=1S/C27H31ClN2O4/c1-18(29-17-26(33)22-13-23(31)15-24(32)14-22)11-20-6-4-5-19(12-20)9-10-27(34)30-16-21-7-2-3-8-25(21)28/h2-8,12-15,18,26,29,31-33H,9-11,16-17H2,1H3,(H,30,34)/t18-,26+/m1/s1. The van der Waals surface area contributed by atoms with Crippen LogP contribution in [-0.2, 0) is 24.2 Å². The molecule has 0 aromatic heterocycles. The van der Waals surface area contributed by atoms with Crippen molar-refractivity contribution in [2.45, 2.75) is 44.9 Å². The van der Waals surface area contributed by atoms with Crippen LogP contribution in [0.5, 0.6) is 11.5 Å². The van der Waals surface area contributed by atoms with Gasteiger partial charge in [0.2, 0.25) is 5.91 Å². The molecule has 3 aromatic carbocycles. The number of nitrogens with one attached hydrogen (secondary N) is 2. The summed E-state index contributed by atoms with van der Waals surface area (Å²) in [5.41, 5.74) is 3.57. The number of aromatic hydroxyl groups is 2. The third-order valence-electron chi connectivity index (χ3n) is 5.58. The first-order valence-electron chi connectivity index (χ1n) is 11.3. The topological polar surface area (TPSA) is 102 Å². The number of hydrogen-bond donors (Lipinski definition) is 5. The molecule has 0 aliphatic carbocycles. The average molecular weight is 483 g/mol. The SMILES string of the molecule is C[C@H](Cc1cccc(CCC(=O)NCc2ccccc2Cl)c1)NC[C@H](O)c1cc(O)cc(O)c1. The van der Waals surface area contributed by atoms with Crippen LogP contribution in [0.3, 0.4) is 0 Å². The third kappa shape index (κ3) is 8.06. The lowest BCUT2D eigenvalue weighted by Crippen LogP contribution is -2.32. The van der Waals surface area contributed by atoms with Gasteiger partial charge in [0.05, 0.1) is 6.10 Å². The first-order chi connectivity index (χ1) is 16.3. The van der Waals surface area contributed by atoms with E-state index >= 15 is 0 Å². The van der Waals surface area contributed by atoms with Gasteiger partial charge >= 0.3 is 0 Å². The van der Waals surface area contributed by atoms with Crippen LogP contribution in [0.1, 0.15) is 41.7 Å². The van der Waals surface area contributed by atoms with Crippen molar-refractivity contribution in [3.05, 3.63) is 94.0 Å². The first-order valence-corrected chi connectivity index (χ1v) is 11.7. The monoisotopic (exact) mass is 482 g/mol. The number of rotatable bonds is 11. The molecule has 180 valence electrons. The maximum atomic E-state index is 12.3. The van der Waals surface area contributed by atoms with Crippen molar-refractivity contribution >= 4 is 17.5 Å². The zero-order chi connectivity index (χ0) is 24.5. The lowest BCUT2D eigenvalue weighted by Gasteiger charge is -2.18. The van der Waals surface area contributed by atoms with Crippen molar-refractivity contribution in [2.24, 2.45) is 0 Å². The molecule has 7 heteroatoms. The van der Waals surface area contributed by atoms with Crippen molar-refractivity contribution < 1.29 is 20.1 Å². The minimum absolute atomic E-state index is 0.0210. The van der Waals surface area contributed by atoms with Gasteiger partial charge in [-0.1, -0.05) is 54.1 Å². The Morgan fingerprint density at radius 1 is 0.971 bits per heavy atom. The number of aliphatic hydroxyl groups is 1. The molecule has 2 atom stereocenters. The van der Waals surface area contributed by atoms with Crippen LogP contribution in [0.2, 0.25) is 5.02 Å². The number of aliphatic hydroxyl groups excluding tert-OH is 1. The van der Waals surface area contributed by atoms with Crippen molar-refractivity contribution in [2.75, 3.05) is 6.54 Å². The molecule has 0 saturated carbocycles. The molecule has 0 fully saturated rings. The second-order valence-electron chi connectivity index (χ2n) is 8.50. The fraction of sp³-hybridized carbons (Fsp3) is 0.296. The van der Waals surface area contributed by atoms with Crippen LogP contribution in [0, 0.1) is 0 Å². The molecular weight excluding hydrogens is 452 g/mol. The molecule has 0 radical (unpaired) electrons. The number of carbonyl (C=O) groups is 1. The molecule has 0 saturated heterocycles. The maximum absolute atomic E-state index is 12.3. The van der Waals surface area contributed by atoms with Crippen molar-refractivity contribution in [1.82, 2.24) is 10.6 Å². The Kier molecular flexibility index (Phi) is 9.33. The smallest absolute Gasteiger partial charge is 0.220 e. The molecule has 5 N–H and O–H groups in total. The molecule has 0 aliphatic rings. The number of amides is 1. The van der Waals surface area contributed by atoms with Gasteiger partial charge in [0.15, 0.2) is 0 Å². The van der Waals surface area contributed by atoms with E-state index in [1.807, 2.05) is 49.4 Å². The molecule has 6 nitrogen and oxygen atoms in total.